The molecule has 0 saturated carbocycles. The highest BCUT2D eigenvalue weighted by Crippen LogP contribution is 2.21. The van der Waals surface area contributed by atoms with Crippen LogP contribution in [0.2, 0.25) is 0 Å². The molecule has 0 aliphatic carbocycles. The average molecular weight is 470 g/mol. The second-order valence-corrected chi connectivity index (χ2v) is 8.22. The van der Waals surface area contributed by atoms with E-state index in [-0.39, 0.29) is 24.5 Å². The lowest BCUT2D eigenvalue weighted by molar-refractivity contribution is 0.0940. The number of benzene rings is 3. The van der Waals surface area contributed by atoms with Crippen LogP contribution in [-0.2, 0) is 6.61 Å². The molecule has 4 rings (SSSR count). The van der Waals surface area contributed by atoms with Crippen molar-refractivity contribution in [2.45, 2.75) is 33.4 Å². The number of anilines is 1. The third-order valence-electron chi connectivity index (χ3n) is 5.73. The first-order valence-electron chi connectivity index (χ1n) is 11.3. The molecule has 0 aliphatic rings. The van der Waals surface area contributed by atoms with Gasteiger partial charge in [0.05, 0.1) is 28.6 Å². The molecule has 1 aromatic heterocycles. The first kappa shape index (κ1) is 23.8. The van der Waals surface area contributed by atoms with Gasteiger partial charge >= 0.3 is 0 Å². The van der Waals surface area contributed by atoms with Crippen molar-refractivity contribution in [3.63, 3.8) is 0 Å². The van der Waals surface area contributed by atoms with E-state index >= 15 is 0 Å². The zero-order chi connectivity index (χ0) is 24.8. The van der Waals surface area contributed by atoms with E-state index in [2.05, 4.69) is 15.8 Å². The molecule has 2 amide bonds. The van der Waals surface area contributed by atoms with Crippen LogP contribution in [0.5, 0.6) is 5.75 Å². The summed E-state index contributed by atoms with van der Waals surface area (Å²) in [6.45, 7) is 5.89. The molecule has 0 unspecified atom stereocenters. The van der Waals surface area contributed by atoms with Crippen LogP contribution in [0.1, 0.15) is 56.3 Å². The smallest absolute Gasteiger partial charge is 0.255 e. The minimum absolute atomic E-state index is 0.181. The maximum atomic E-state index is 13.0. The van der Waals surface area contributed by atoms with Crippen molar-refractivity contribution in [1.82, 2.24) is 10.5 Å². The molecule has 1 atom stereocenters. The van der Waals surface area contributed by atoms with E-state index in [1.807, 2.05) is 51.1 Å². The van der Waals surface area contributed by atoms with E-state index in [1.54, 1.807) is 48.5 Å². The van der Waals surface area contributed by atoms with E-state index in [4.69, 9.17) is 9.26 Å². The summed E-state index contributed by atoms with van der Waals surface area (Å²) in [6, 6.07) is 23.3. The van der Waals surface area contributed by atoms with Crippen LogP contribution < -0.4 is 15.4 Å². The van der Waals surface area contributed by atoms with Crippen LogP contribution in [0.25, 0.3) is 0 Å². The van der Waals surface area contributed by atoms with E-state index < -0.39 is 0 Å². The van der Waals surface area contributed by atoms with Crippen molar-refractivity contribution in [3.8, 4) is 5.75 Å². The number of hydrogen-bond donors (Lipinski definition) is 2. The van der Waals surface area contributed by atoms with Gasteiger partial charge < -0.3 is 19.9 Å². The van der Waals surface area contributed by atoms with Gasteiger partial charge in [-0.1, -0.05) is 53.7 Å². The van der Waals surface area contributed by atoms with Gasteiger partial charge in [0, 0.05) is 5.56 Å². The Bertz CT molecular complexity index is 1310. The SMILES string of the molecule is Cc1noc(C)c1COc1cccc(C(=O)Nc2ccccc2C(=O)N[C@@H](C)c2ccccc2)c1. The molecule has 0 bridgehead atoms. The second-order valence-electron chi connectivity index (χ2n) is 8.22. The van der Waals surface area contributed by atoms with Gasteiger partial charge in [-0.05, 0) is 56.7 Å². The van der Waals surface area contributed by atoms with E-state index in [0.29, 0.717) is 28.3 Å². The Hall–Kier alpha value is -4.39. The van der Waals surface area contributed by atoms with Gasteiger partial charge in [0.15, 0.2) is 0 Å². The molecule has 178 valence electrons. The second kappa shape index (κ2) is 10.7. The molecule has 0 radical (unpaired) electrons. The highest BCUT2D eigenvalue weighted by molar-refractivity contribution is 6.09. The summed E-state index contributed by atoms with van der Waals surface area (Å²) in [7, 11) is 0. The lowest BCUT2D eigenvalue weighted by Gasteiger charge is -2.16. The molecule has 0 fully saturated rings. The summed E-state index contributed by atoms with van der Waals surface area (Å²) in [5.74, 6) is 0.631. The lowest BCUT2D eigenvalue weighted by Crippen LogP contribution is -2.28. The van der Waals surface area contributed by atoms with Gasteiger partial charge in [0.2, 0.25) is 0 Å². The minimum Gasteiger partial charge on any atom is -0.489 e. The minimum atomic E-state index is -0.343. The summed E-state index contributed by atoms with van der Waals surface area (Å²) in [4.78, 5) is 26.0. The Morgan fingerprint density at radius 2 is 1.69 bits per heavy atom. The molecular weight excluding hydrogens is 442 g/mol. The molecule has 1 heterocycles. The van der Waals surface area contributed by atoms with Gasteiger partial charge in [-0.25, -0.2) is 0 Å². The number of aromatic nitrogens is 1. The molecule has 35 heavy (non-hydrogen) atoms. The zero-order valence-electron chi connectivity index (χ0n) is 19.9. The Morgan fingerprint density at radius 1 is 0.943 bits per heavy atom. The highest BCUT2D eigenvalue weighted by Gasteiger charge is 2.17. The first-order valence-corrected chi connectivity index (χ1v) is 11.3. The molecule has 0 saturated heterocycles. The maximum absolute atomic E-state index is 13.0. The standard InChI is InChI=1S/C28H27N3O4/c1-18(21-10-5-4-6-11-21)29-28(33)24-14-7-8-15-26(24)30-27(32)22-12-9-13-23(16-22)34-17-25-19(2)31-35-20(25)3/h4-16,18H,17H2,1-3H3,(H,29,33)(H,30,32)/t18-/m0/s1. The predicted molar refractivity (Wildman–Crippen MR) is 133 cm³/mol. The molecule has 0 spiro atoms. The molecule has 3 aromatic carbocycles. The third kappa shape index (κ3) is 5.76. The molecule has 7 nitrogen and oxygen atoms in total. The summed E-state index contributed by atoms with van der Waals surface area (Å²) < 4.78 is 11.0. The number of amides is 2. The third-order valence-corrected chi connectivity index (χ3v) is 5.73. The van der Waals surface area contributed by atoms with Crippen molar-refractivity contribution in [1.29, 1.82) is 0 Å². The number of carbonyl (C=O) groups excluding carboxylic acids is 2. The number of nitrogens with one attached hydrogen (secondary N) is 2. The molecular formula is C28H27N3O4. The number of nitrogens with zero attached hydrogens (tertiary/aromatic N) is 1. The molecule has 0 aliphatic heterocycles. The van der Waals surface area contributed by atoms with Crippen molar-refractivity contribution in [2.24, 2.45) is 0 Å². The van der Waals surface area contributed by atoms with E-state index in [1.165, 1.54) is 0 Å². The number of para-hydroxylation sites is 1. The van der Waals surface area contributed by atoms with Crippen molar-refractivity contribution in [2.75, 3.05) is 5.32 Å². The van der Waals surface area contributed by atoms with E-state index in [0.717, 1.165) is 16.8 Å². The maximum Gasteiger partial charge on any atom is 0.255 e. The van der Waals surface area contributed by atoms with Crippen LogP contribution in [0.4, 0.5) is 5.69 Å². The average Bonchev–Trinajstić information content (AvgIpc) is 3.20. The topological polar surface area (TPSA) is 93.5 Å². The van der Waals surface area contributed by atoms with Gasteiger partial charge in [-0.2, -0.15) is 0 Å². The molecule has 7 heteroatoms. The highest BCUT2D eigenvalue weighted by atomic mass is 16.5. The quantitative estimate of drug-likeness (QED) is 0.350. The Labute approximate surface area is 204 Å². The van der Waals surface area contributed by atoms with Gasteiger partial charge in [0.25, 0.3) is 11.8 Å². The van der Waals surface area contributed by atoms with E-state index in [9.17, 15) is 9.59 Å². The fourth-order valence-corrected chi connectivity index (χ4v) is 3.67. The van der Waals surface area contributed by atoms with Crippen molar-refractivity contribution in [3.05, 3.63) is 113 Å². The summed E-state index contributed by atoms with van der Waals surface area (Å²) >= 11 is 0. The van der Waals surface area contributed by atoms with Crippen LogP contribution in [0.15, 0.2) is 83.4 Å². The summed E-state index contributed by atoms with van der Waals surface area (Å²) in [6.07, 6.45) is 0. The Balaban J connectivity index is 1.45. The van der Waals surface area contributed by atoms with Crippen molar-refractivity contribution < 1.29 is 18.8 Å². The van der Waals surface area contributed by atoms with Crippen LogP contribution in [0.3, 0.4) is 0 Å². The number of rotatable bonds is 8. The number of hydrogen-bond acceptors (Lipinski definition) is 5. The lowest BCUT2D eigenvalue weighted by atomic mass is 10.1. The normalized spacial score (nSPS) is 11.5. The van der Waals surface area contributed by atoms with Crippen LogP contribution in [0, 0.1) is 13.8 Å². The predicted octanol–water partition coefficient (Wildman–Crippen LogP) is 5.61. The number of aryl methyl sites for hydroxylation is 2. The van der Waals surface area contributed by atoms with Gasteiger partial charge in [-0.3, -0.25) is 9.59 Å². The van der Waals surface area contributed by atoms with Crippen LogP contribution >= 0.6 is 0 Å². The molecule has 2 N–H and O–H groups in total. The fourth-order valence-electron chi connectivity index (χ4n) is 3.67. The van der Waals surface area contributed by atoms with Crippen LogP contribution in [-0.4, -0.2) is 17.0 Å². The summed E-state index contributed by atoms with van der Waals surface area (Å²) in [5, 5.41) is 9.77. The Kier molecular flexibility index (Phi) is 7.26. The monoisotopic (exact) mass is 469 g/mol. The Morgan fingerprint density at radius 3 is 2.43 bits per heavy atom. The number of carbonyl (C=O) groups is 2. The fraction of sp³-hybridized carbons (Fsp3) is 0.179. The van der Waals surface area contributed by atoms with Crippen molar-refractivity contribution >= 4 is 17.5 Å². The largest absolute Gasteiger partial charge is 0.489 e. The van der Waals surface area contributed by atoms with Gasteiger partial charge in [0.1, 0.15) is 18.1 Å². The molecule has 4 aromatic rings. The summed E-state index contributed by atoms with van der Waals surface area (Å²) in [5.41, 5.74) is 3.87. The zero-order valence-corrected chi connectivity index (χ0v) is 19.9. The first-order chi connectivity index (χ1) is 16.9. The van der Waals surface area contributed by atoms with Gasteiger partial charge in [-0.15, -0.1) is 0 Å². The number of ether oxygens (including phenoxy) is 1.